The average molecular weight is 360 g/mol. The van der Waals surface area contributed by atoms with Gasteiger partial charge < -0.3 is 19.9 Å². The Morgan fingerprint density at radius 2 is 2.38 bits per heavy atom. The molecule has 0 spiro atoms. The Labute approximate surface area is 153 Å². The lowest BCUT2D eigenvalue weighted by atomic mass is 9.92. The molecule has 1 aliphatic heterocycles. The molecule has 0 bridgehead atoms. The first-order chi connectivity index (χ1) is 12.6. The molecule has 3 N–H and O–H groups in total. The number of aromatic nitrogens is 4. The molecule has 2 unspecified atom stereocenters. The van der Waals surface area contributed by atoms with Gasteiger partial charge in [0.2, 0.25) is 0 Å². The minimum Gasteiger partial charge on any atom is -0.385 e. The third-order valence-electron chi connectivity index (χ3n) is 5.15. The maximum absolute atomic E-state index is 12.4. The van der Waals surface area contributed by atoms with Crippen LogP contribution in [0.1, 0.15) is 42.4 Å². The number of aliphatic hydroxyl groups is 1. The van der Waals surface area contributed by atoms with Gasteiger partial charge in [0.15, 0.2) is 0 Å². The first-order valence-corrected chi connectivity index (χ1v) is 9.23. The van der Waals surface area contributed by atoms with E-state index < -0.39 is 6.10 Å². The van der Waals surface area contributed by atoms with Gasteiger partial charge in [0.05, 0.1) is 6.20 Å². The highest BCUT2D eigenvalue weighted by Crippen LogP contribution is 2.28. The van der Waals surface area contributed by atoms with E-state index in [2.05, 4.69) is 20.5 Å². The average Bonchev–Trinajstić information content (AvgIpc) is 3.26. The third kappa shape index (κ3) is 4.24. The lowest BCUT2D eigenvalue weighted by molar-refractivity contribution is 0.0533. The molecule has 142 valence electrons. The van der Waals surface area contributed by atoms with E-state index in [1.54, 1.807) is 6.20 Å². The van der Waals surface area contributed by atoms with E-state index in [-0.39, 0.29) is 11.9 Å². The monoisotopic (exact) mass is 360 g/mol. The molecule has 2 amide bonds. The summed E-state index contributed by atoms with van der Waals surface area (Å²) in [6.07, 6.45) is 8.27. The summed E-state index contributed by atoms with van der Waals surface area (Å²) in [5.74, 6) is 0.678. The highest BCUT2D eigenvalue weighted by molar-refractivity contribution is 5.74. The predicted molar refractivity (Wildman–Crippen MR) is 97.5 cm³/mol. The maximum atomic E-state index is 12.4. The summed E-state index contributed by atoms with van der Waals surface area (Å²) in [7, 11) is 1.88. The van der Waals surface area contributed by atoms with Crippen molar-refractivity contribution in [2.24, 2.45) is 13.0 Å². The first-order valence-electron chi connectivity index (χ1n) is 9.23. The maximum Gasteiger partial charge on any atom is 0.317 e. The lowest BCUT2D eigenvalue weighted by Gasteiger charge is -2.34. The Hall–Kier alpha value is -2.35. The fourth-order valence-electron chi connectivity index (χ4n) is 3.54. The molecule has 2 aromatic rings. The van der Waals surface area contributed by atoms with E-state index in [9.17, 15) is 9.90 Å². The molecule has 8 heteroatoms. The van der Waals surface area contributed by atoms with Gasteiger partial charge in [0, 0.05) is 50.7 Å². The molecule has 2 atom stereocenters. The smallest absolute Gasteiger partial charge is 0.317 e. The highest BCUT2D eigenvalue weighted by Gasteiger charge is 2.30. The molecule has 2 aromatic heterocycles. The zero-order valence-corrected chi connectivity index (χ0v) is 15.5. The van der Waals surface area contributed by atoms with Gasteiger partial charge in [-0.05, 0) is 38.2 Å². The summed E-state index contributed by atoms with van der Waals surface area (Å²) >= 11 is 0. The molecule has 0 saturated carbocycles. The molecule has 0 aliphatic carbocycles. The number of hydrogen-bond acceptors (Lipinski definition) is 4. The Morgan fingerprint density at radius 3 is 3.08 bits per heavy atom. The zero-order valence-electron chi connectivity index (χ0n) is 15.5. The number of likely N-dealkylation sites (tertiary alicyclic amines) is 1. The van der Waals surface area contributed by atoms with E-state index >= 15 is 0 Å². The van der Waals surface area contributed by atoms with Crippen molar-refractivity contribution >= 4 is 6.03 Å². The van der Waals surface area contributed by atoms with E-state index in [4.69, 9.17) is 0 Å². The summed E-state index contributed by atoms with van der Waals surface area (Å²) < 4.78 is 1.83. The third-order valence-corrected chi connectivity index (χ3v) is 5.15. The number of aromatic amines is 1. The normalized spacial score (nSPS) is 18.7. The molecule has 1 saturated heterocycles. The summed E-state index contributed by atoms with van der Waals surface area (Å²) in [6, 6.07) is -0.0503. The minimum absolute atomic E-state index is 0.0178. The number of rotatable bonds is 6. The van der Waals surface area contributed by atoms with Crippen molar-refractivity contribution < 1.29 is 9.90 Å². The van der Waals surface area contributed by atoms with Crippen molar-refractivity contribution in [1.29, 1.82) is 0 Å². The van der Waals surface area contributed by atoms with Crippen molar-refractivity contribution in [3.8, 4) is 0 Å². The minimum atomic E-state index is -0.644. The predicted octanol–water partition coefficient (Wildman–Crippen LogP) is 1.54. The van der Waals surface area contributed by atoms with Crippen molar-refractivity contribution in [2.75, 3.05) is 19.6 Å². The molecule has 8 nitrogen and oxygen atoms in total. The van der Waals surface area contributed by atoms with Gasteiger partial charge in [-0.15, -0.1) is 0 Å². The second kappa shape index (κ2) is 8.35. The topological polar surface area (TPSA) is 99.1 Å². The number of imidazole rings is 1. The highest BCUT2D eigenvalue weighted by atomic mass is 16.3. The molecule has 1 aliphatic rings. The van der Waals surface area contributed by atoms with Gasteiger partial charge in [-0.2, -0.15) is 5.10 Å². The van der Waals surface area contributed by atoms with Gasteiger partial charge in [-0.3, -0.25) is 5.10 Å². The Balaban J connectivity index is 1.45. The van der Waals surface area contributed by atoms with Crippen LogP contribution in [-0.2, 0) is 13.5 Å². The molecular formula is C18H28N6O2. The number of piperidine rings is 1. The lowest BCUT2D eigenvalue weighted by Crippen LogP contribution is -2.47. The fraction of sp³-hybridized carbons (Fsp3) is 0.611. The molecule has 0 radical (unpaired) electrons. The van der Waals surface area contributed by atoms with E-state index in [0.717, 1.165) is 37.9 Å². The number of carbonyl (C=O) groups excluding carboxylic acids is 1. The number of urea groups is 1. The van der Waals surface area contributed by atoms with Crippen LogP contribution in [-0.4, -0.2) is 55.4 Å². The second-order valence-corrected chi connectivity index (χ2v) is 7.05. The number of carbonyl (C=O) groups is 1. The zero-order chi connectivity index (χ0) is 18.5. The number of nitrogens with zero attached hydrogens (tertiary/aromatic N) is 4. The van der Waals surface area contributed by atoms with Crippen molar-refractivity contribution in [3.05, 3.63) is 35.7 Å². The van der Waals surface area contributed by atoms with Gasteiger partial charge in [0.1, 0.15) is 11.9 Å². The van der Waals surface area contributed by atoms with Crippen LogP contribution in [0.25, 0.3) is 0 Å². The summed E-state index contributed by atoms with van der Waals surface area (Å²) in [5.41, 5.74) is 2.27. The number of amides is 2. The Morgan fingerprint density at radius 1 is 1.54 bits per heavy atom. The number of nitrogens with one attached hydrogen (secondary N) is 2. The number of hydrogen-bond donors (Lipinski definition) is 3. The molecule has 0 aromatic carbocycles. The molecular weight excluding hydrogens is 332 g/mol. The Bertz CT molecular complexity index is 725. The number of H-pyrrole nitrogens is 1. The summed E-state index contributed by atoms with van der Waals surface area (Å²) in [6.45, 7) is 3.92. The van der Waals surface area contributed by atoms with Crippen LogP contribution >= 0.6 is 0 Å². The number of aryl methyl sites for hydroxylation is 3. The van der Waals surface area contributed by atoms with Gasteiger partial charge >= 0.3 is 6.03 Å². The van der Waals surface area contributed by atoms with Gasteiger partial charge in [-0.25, -0.2) is 9.78 Å². The van der Waals surface area contributed by atoms with E-state index in [1.807, 2.05) is 35.8 Å². The van der Waals surface area contributed by atoms with Crippen LogP contribution in [0.2, 0.25) is 0 Å². The fourth-order valence-corrected chi connectivity index (χ4v) is 3.54. The summed E-state index contributed by atoms with van der Waals surface area (Å²) in [5, 5.41) is 20.5. The van der Waals surface area contributed by atoms with E-state index in [0.29, 0.717) is 18.9 Å². The summed E-state index contributed by atoms with van der Waals surface area (Å²) in [4.78, 5) is 18.5. The molecule has 3 rings (SSSR count). The number of aliphatic hydroxyl groups excluding tert-OH is 1. The van der Waals surface area contributed by atoms with Crippen LogP contribution in [0.15, 0.2) is 18.6 Å². The van der Waals surface area contributed by atoms with Gasteiger partial charge in [-0.1, -0.05) is 0 Å². The van der Waals surface area contributed by atoms with Crippen molar-refractivity contribution in [3.63, 3.8) is 0 Å². The van der Waals surface area contributed by atoms with Gasteiger partial charge in [0.25, 0.3) is 0 Å². The van der Waals surface area contributed by atoms with Crippen molar-refractivity contribution in [2.45, 2.75) is 38.7 Å². The molecule has 1 fully saturated rings. The second-order valence-electron chi connectivity index (χ2n) is 7.05. The quantitative estimate of drug-likeness (QED) is 0.681. The molecule has 3 heterocycles. The standard InChI is InChI=1S/C18H28N6O2/c1-13-14(11-21-22-13)5-3-7-20-18(26)24-9-4-6-15(12-24)16(25)17-19-8-10-23(17)2/h8,10-11,15-16,25H,3-7,9,12H2,1-2H3,(H,20,26)(H,21,22). The Kier molecular flexibility index (Phi) is 5.92. The van der Waals surface area contributed by atoms with Crippen molar-refractivity contribution in [1.82, 2.24) is 30.0 Å². The van der Waals surface area contributed by atoms with Crippen LogP contribution in [0.4, 0.5) is 4.79 Å². The molecule has 26 heavy (non-hydrogen) atoms. The van der Waals surface area contributed by atoms with Crippen LogP contribution in [0, 0.1) is 12.8 Å². The van der Waals surface area contributed by atoms with Crippen LogP contribution in [0.3, 0.4) is 0 Å². The SMILES string of the molecule is Cc1[nH]ncc1CCCNC(=O)N1CCCC(C(O)c2nccn2C)C1. The first kappa shape index (κ1) is 18.4. The largest absolute Gasteiger partial charge is 0.385 e. The van der Waals surface area contributed by atoms with E-state index in [1.165, 1.54) is 5.56 Å². The van der Waals surface area contributed by atoms with Crippen LogP contribution < -0.4 is 5.32 Å². The van der Waals surface area contributed by atoms with Crippen LogP contribution in [0.5, 0.6) is 0 Å².